The molecule has 1 N–H and O–H groups in total. The molecule has 3 heteroatoms. The molecule has 2 rings (SSSR count). The van der Waals surface area contributed by atoms with Gasteiger partial charge in [0.2, 0.25) is 0 Å². The first kappa shape index (κ1) is 12.5. The lowest BCUT2D eigenvalue weighted by molar-refractivity contribution is 0.507. The molecule has 1 saturated heterocycles. The minimum atomic E-state index is 0.707. The van der Waals surface area contributed by atoms with Crippen LogP contribution in [0.5, 0.6) is 0 Å². The summed E-state index contributed by atoms with van der Waals surface area (Å²) >= 11 is 5.65. The Morgan fingerprint density at radius 2 is 2.38 bits per heavy atom. The lowest BCUT2D eigenvalue weighted by Gasteiger charge is -2.22. The predicted octanol–water partition coefficient (Wildman–Crippen LogP) is 3.74. The molecule has 16 heavy (non-hydrogen) atoms. The second-order valence-electron chi connectivity index (χ2n) is 4.38. The Morgan fingerprint density at radius 3 is 3.06 bits per heavy atom. The van der Waals surface area contributed by atoms with Crippen molar-refractivity contribution in [3.63, 3.8) is 0 Å². The number of halogens is 1. The van der Waals surface area contributed by atoms with Crippen LogP contribution in [0.4, 0.5) is 0 Å². The molecular formula is C13H18BrNS. The average molecular weight is 300 g/mol. The molecule has 1 unspecified atom stereocenters. The van der Waals surface area contributed by atoms with Gasteiger partial charge in [-0.1, -0.05) is 28.1 Å². The van der Waals surface area contributed by atoms with Gasteiger partial charge in [0.1, 0.15) is 0 Å². The summed E-state index contributed by atoms with van der Waals surface area (Å²) in [5, 5.41) is 3.64. The molecular weight excluding hydrogens is 282 g/mol. The van der Waals surface area contributed by atoms with Crippen LogP contribution < -0.4 is 5.32 Å². The lowest BCUT2D eigenvalue weighted by atomic mass is 10.1. The van der Waals surface area contributed by atoms with E-state index in [4.69, 9.17) is 0 Å². The highest BCUT2D eigenvalue weighted by molar-refractivity contribution is 9.10. The van der Waals surface area contributed by atoms with Crippen LogP contribution in [-0.2, 0) is 6.54 Å². The van der Waals surface area contributed by atoms with Gasteiger partial charge < -0.3 is 5.32 Å². The highest BCUT2D eigenvalue weighted by Crippen LogP contribution is 2.19. The van der Waals surface area contributed by atoms with E-state index < -0.39 is 0 Å². The van der Waals surface area contributed by atoms with E-state index in [2.05, 4.69) is 58.1 Å². The Hall–Kier alpha value is 0.01000. The summed E-state index contributed by atoms with van der Waals surface area (Å²) in [4.78, 5) is 0. The summed E-state index contributed by atoms with van der Waals surface area (Å²) in [5.74, 6) is 2.61. The zero-order valence-corrected chi connectivity index (χ0v) is 12.0. The molecule has 88 valence electrons. The molecule has 0 spiro atoms. The Balaban J connectivity index is 1.86. The fourth-order valence-electron chi connectivity index (χ4n) is 1.91. The van der Waals surface area contributed by atoms with Crippen molar-refractivity contribution >= 4 is 27.7 Å². The first-order valence-corrected chi connectivity index (χ1v) is 7.76. The summed E-state index contributed by atoms with van der Waals surface area (Å²) in [6.07, 6.45) is 2.69. The zero-order valence-electron chi connectivity index (χ0n) is 9.63. The van der Waals surface area contributed by atoms with Crippen LogP contribution in [0, 0.1) is 6.92 Å². The van der Waals surface area contributed by atoms with Gasteiger partial charge in [0.15, 0.2) is 0 Å². The lowest BCUT2D eigenvalue weighted by Crippen LogP contribution is -2.33. The fraction of sp³-hybridized carbons (Fsp3) is 0.538. The third kappa shape index (κ3) is 3.51. The average Bonchev–Trinajstić information content (AvgIpc) is 2.32. The molecule has 0 amide bonds. The van der Waals surface area contributed by atoms with Crippen LogP contribution in [0.1, 0.15) is 24.0 Å². The molecule has 1 nitrogen and oxygen atoms in total. The summed E-state index contributed by atoms with van der Waals surface area (Å²) in [7, 11) is 0. The van der Waals surface area contributed by atoms with Crippen LogP contribution in [0.2, 0.25) is 0 Å². The van der Waals surface area contributed by atoms with Crippen molar-refractivity contribution in [2.24, 2.45) is 0 Å². The second-order valence-corrected chi connectivity index (χ2v) is 6.38. The monoisotopic (exact) mass is 299 g/mol. The van der Waals surface area contributed by atoms with Crippen molar-refractivity contribution in [2.75, 3.05) is 11.5 Å². The van der Waals surface area contributed by atoms with E-state index >= 15 is 0 Å². The van der Waals surface area contributed by atoms with Crippen LogP contribution in [-0.4, -0.2) is 17.5 Å². The summed E-state index contributed by atoms with van der Waals surface area (Å²) < 4.78 is 1.21. The van der Waals surface area contributed by atoms with Gasteiger partial charge in [-0.15, -0.1) is 0 Å². The van der Waals surface area contributed by atoms with Gasteiger partial charge in [0, 0.05) is 22.8 Å². The predicted molar refractivity (Wildman–Crippen MR) is 76.1 cm³/mol. The third-order valence-corrected chi connectivity index (χ3v) is 5.06. The number of hydrogen-bond acceptors (Lipinski definition) is 2. The quantitative estimate of drug-likeness (QED) is 0.912. The smallest absolute Gasteiger partial charge is 0.0208 e. The van der Waals surface area contributed by atoms with E-state index in [0.29, 0.717) is 6.04 Å². The maximum absolute atomic E-state index is 3.64. The van der Waals surface area contributed by atoms with Crippen LogP contribution in [0.3, 0.4) is 0 Å². The fourth-order valence-corrected chi connectivity index (χ4v) is 3.44. The van der Waals surface area contributed by atoms with Gasteiger partial charge in [-0.25, -0.2) is 0 Å². The molecule has 1 aliphatic heterocycles. The molecule has 0 saturated carbocycles. The minimum Gasteiger partial charge on any atom is -0.309 e. The van der Waals surface area contributed by atoms with Gasteiger partial charge in [-0.2, -0.15) is 11.8 Å². The summed E-state index contributed by atoms with van der Waals surface area (Å²) in [5.41, 5.74) is 2.67. The molecule has 1 atom stereocenters. The van der Waals surface area contributed by atoms with Gasteiger partial charge in [0.05, 0.1) is 0 Å². The van der Waals surface area contributed by atoms with E-state index in [-0.39, 0.29) is 0 Å². The van der Waals surface area contributed by atoms with E-state index in [1.54, 1.807) is 0 Å². The highest BCUT2D eigenvalue weighted by atomic mass is 79.9. The number of rotatable bonds is 3. The third-order valence-electron chi connectivity index (χ3n) is 2.99. The number of benzene rings is 1. The molecule has 1 aromatic carbocycles. The standard InChI is InChI=1S/C13H18BrNS/c1-10-4-5-11(7-13(10)14)8-15-12-3-2-6-16-9-12/h4-5,7,12,15H,2-3,6,8-9H2,1H3. The first-order chi connectivity index (χ1) is 7.75. The number of nitrogens with one attached hydrogen (secondary N) is 1. The van der Waals surface area contributed by atoms with E-state index in [1.165, 1.54) is 39.9 Å². The number of aryl methyl sites for hydroxylation is 1. The molecule has 1 aliphatic rings. The van der Waals surface area contributed by atoms with E-state index in [9.17, 15) is 0 Å². The SMILES string of the molecule is Cc1ccc(CNC2CCCSC2)cc1Br. The zero-order chi connectivity index (χ0) is 11.4. The van der Waals surface area contributed by atoms with E-state index in [1.807, 2.05) is 0 Å². The van der Waals surface area contributed by atoms with Crippen molar-refractivity contribution in [2.45, 2.75) is 32.4 Å². The molecule has 0 bridgehead atoms. The molecule has 1 fully saturated rings. The van der Waals surface area contributed by atoms with Gasteiger partial charge in [0.25, 0.3) is 0 Å². The Bertz CT molecular complexity index is 348. The number of thioether (sulfide) groups is 1. The van der Waals surface area contributed by atoms with Gasteiger partial charge in [-0.05, 0) is 42.7 Å². The van der Waals surface area contributed by atoms with Crippen molar-refractivity contribution < 1.29 is 0 Å². The minimum absolute atomic E-state index is 0.707. The molecule has 1 heterocycles. The van der Waals surface area contributed by atoms with Crippen molar-refractivity contribution in [3.05, 3.63) is 33.8 Å². The molecule has 0 aromatic heterocycles. The van der Waals surface area contributed by atoms with Crippen molar-refractivity contribution in [1.82, 2.24) is 5.32 Å². The number of hydrogen-bond donors (Lipinski definition) is 1. The highest BCUT2D eigenvalue weighted by Gasteiger charge is 2.12. The largest absolute Gasteiger partial charge is 0.309 e. The maximum Gasteiger partial charge on any atom is 0.0208 e. The van der Waals surface area contributed by atoms with Crippen molar-refractivity contribution in [1.29, 1.82) is 0 Å². The summed E-state index contributed by atoms with van der Waals surface area (Å²) in [6, 6.07) is 7.32. The normalized spacial score (nSPS) is 21.0. The summed E-state index contributed by atoms with van der Waals surface area (Å²) in [6.45, 7) is 3.11. The van der Waals surface area contributed by atoms with Gasteiger partial charge in [-0.3, -0.25) is 0 Å². The van der Waals surface area contributed by atoms with Crippen LogP contribution in [0.25, 0.3) is 0 Å². The Kier molecular flexibility index (Phi) is 4.74. The molecule has 0 radical (unpaired) electrons. The second kappa shape index (κ2) is 6.08. The van der Waals surface area contributed by atoms with E-state index in [0.717, 1.165) is 6.54 Å². The topological polar surface area (TPSA) is 12.0 Å². The van der Waals surface area contributed by atoms with Crippen LogP contribution in [0.15, 0.2) is 22.7 Å². The Morgan fingerprint density at radius 1 is 1.50 bits per heavy atom. The van der Waals surface area contributed by atoms with Crippen LogP contribution >= 0.6 is 27.7 Å². The van der Waals surface area contributed by atoms with Gasteiger partial charge >= 0.3 is 0 Å². The molecule has 1 aromatic rings. The maximum atomic E-state index is 3.64. The van der Waals surface area contributed by atoms with Crippen molar-refractivity contribution in [3.8, 4) is 0 Å². The molecule has 0 aliphatic carbocycles. The first-order valence-electron chi connectivity index (χ1n) is 5.82. The Labute approximate surface area is 111 Å².